The fraction of sp³-hybridized carbons (Fsp3) is 0.364. The highest BCUT2D eigenvalue weighted by Crippen LogP contribution is 2.29. The molecule has 2 amide bonds. The number of aryl methyl sites for hydroxylation is 2. The molecule has 0 aliphatic carbocycles. The van der Waals surface area contributed by atoms with Gasteiger partial charge in [-0.15, -0.1) is 11.3 Å². The lowest BCUT2D eigenvalue weighted by atomic mass is 9.97. The average Bonchev–Trinajstić information content (AvgIpc) is 3.32. The van der Waals surface area contributed by atoms with Crippen LogP contribution in [-0.2, 0) is 4.79 Å². The zero-order chi connectivity index (χ0) is 22.0. The van der Waals surface area contributed by atoms with E-state index in [9.17, 15) is 9.59 Å². The van der Waals surface area contributed by atoms with Crippen LogP contribution < -0.4 is 11.1 Å². The number of primary amides is 1. The molecule has 0 saturated carbocycles. The number of hydrogen-bond donors (Lipinski definition) is 3. The lowest BCUT2D eigenvalue weighted by molar-refractivity contribution is -0.117. The summed E-state index contributed by atoms with van der Waals surface area (Å²) in [6.07, 6.45) is 1.88. The van der Waals surface area contributed by atoms with Gasteiger partial charge in [-0.25, -0.2) is 9.97 Å². The molecule has 1 saturated heterocycles. The molecule has 0 spiro atoms. The molecule has 3 aromatic rings. The van der Waals surface area contributed by atoms with Crippen LogP contribution >= 0.6 is 11.3 Å². The number of carbonyl (C=O) groups is 2. The molecule has 8 nitrogen and oxygen atoms in total. The molecule has 1 aliphatic rings. The molecule has 4 N–H and O–H groups in total. The van der Waals surface area contributed by atoms with E-state index in [0.29, 0.717) is 29.6 Å². The van der Waals surface area contributed by atoms with Crippen molar-refractivity contribution in [1.82, 2.24) is 19.9 Å². The number of benzene rings is 1. The van der Waals surface area contributed by atoms with Crippen LogP contribution in [-0.4, -0.2) is 51.3 Å². The second-order valence-electron chi connectivity index (χ2n) is 7.86. The minimum Gasteiger partial charge on any atom is -0.364 e. The van der Waals surface area contributed by atoms with Gasteiger partial charge in [0.05, 0.1) is 12.2 Å². The van der Waals surface area contributed by atoms with E-state index in [4.69, 9.17) is 10.7 Å². The van der Waals surface area contributed by atoms with E-state index in [1.54, 1.807) is 0 Å². The summed E-state index contributed by atoms with van der Waals surface area (Å²) in [6.45, 7) is 5.75. The Morgan fingerprint density at radius 1 is 1.26 bits per heavy atom. The quantitative estimate of drug-likeness (QED) is 0.547. The number of amides is 2. The van der Waals surface area contributed by atoms with Crippen molar-refractivity contribution in [3.8, 4) is 11.3 Å². The van der Waals surface area contributed by atoms with E-state index in [2.05, 4.69) is 20.2 Å². The first-order valence-corrected chi connectivity index (χ1v) is 11.1. The topological polar surface area (TPSA) is 117 Å². The molecule has 3 heterocycles. The van der Waals surface area contributed by atoms with Crippen molar-refractivity contribution in [3.63, 3.8) is 0 Å². The molecule has 1 fully saturated rings. The number of aromatic amines is 1. The summed E-state index contributed by atoms with van der Waals surface area (Å²) < 4.78 is 0. The third-order valence-corrected chi connectivity index (χ3v) is 6.54. The largest absolute Gasteiger partial charge is 0.364 e. The molecule has 31 heavy (non-hydrogen) atoms. The third-order valence-electron chi connectivity index (χ3n) is 5.55. The zero-order valence-corrected chi connectivity index (χ0v) is 18.5. The van der Waals surface area contributed by atoms with Crippen molar-refractivity contribution in [1.29, 1.82) is 0 Å². The van der Waals surface area contributed by atoms with Gasteiger partial charge >= 0.3 is 0 Å². The van der Waals surface area contributed by atoms with Gasteiger partial charge in [0.1, 0.15) is 17.2 Å². The smallest absolute Gasteiger partial charge is 0.267 e. The van der Waals surface area contributed by atoms with Gasteiger partial charge in [-0.3, -0.25) is 14.5 Å². The van der Waals surface area contributed by atoms with Gasteiger partial charge < -0.3 is 16.0 Å². The number of rotatable bonds is 6. The van der Waals surface area contributed by atoms with E-state index in [0.717, 1.165) is 41.3 Å². The predicted molar refractivity (Wildman–Crippen MR) is 121 cm³/mol. The number of likely N-dealkylation sites (tertiary alicyclic amines) is 1. The number of piperidine rings is 1. The number of carbonyl (C=O) groups excluding carboxylic acids is 2. The Kier molecular flexibility index (Phi) is 6.15. The van der Waals surface area contributed by atoms with Crippen LogP contribution in [0.25, 0.3) is 11.3 Å². The lowest BCUT2D eigenvalue weighted by Crippen LogP contribution is -2.40. The minimum absolute atomic E-state index is 0.0726. The summed E-state index contributed by atoms with van der Waals surface area (Å²) in [5, 5.41) is 3.53. The molecule has 162 valence electrons. The van der Waals surface area contributed by atoms with E-state index in [1.807, 2.05) is 44.2 Å². The number of nitrogens with two attached hydrogens (primary N) is 1. The van der Waals surface area contributed by atoms with E-state index >= 15 is 0 Å². The monoisotopic (exact) mass is 438 g/mol. The normalized spacial score (nSPS) is 16.9. The fourth-order valence-electron chi connectivity index (χ4n) is 3.88. The third kappa shape index (κ3) is 4.83. The Hall–Kier alpha value is -3.04. The Bertz CT molecular complexity index is 1070. The van der Waals surface area contributed by atoms with Gasteiger partial charge in [0, 0.05) is 22.9 Å². The molecule has 1 aliphatic heterocycles. The lowest BCUT2D eigenvalue weighted by Gasteiger charge is -2.31. The van der Waals surface area contributed by atoms with Crippen molar-refractivity contribution in [2.24, 2.45) is 5.73 Å². The first-order valence-electron chi connectivity index (χ1n) is 10.3. The maximum absolute atomic E-state index is 12.5. The standard InChI is InChI=1S/C22H26N6O2S/c1-13-14(2)31-22(24-13)25-17(29)12-28-10-6-9-16(11-28)21-26-18(19(27-21)20(23)30)15-7-4-3-5-8-15/h3-5,7-8,16H,6,9-12H2,1-2H3,(H2,23,30)(H,26,27)(H,24,25,29). The molecular formula is C22H26N6O2S. The van der Waals surface area contributed by atoms with E-state index < -0.39 is 5.91 Å². The highest BCUT2D eigenvalue weighted by atomic mass is 32.1. The summed E-state index contributed by atoms with van der Waals surface area (Å²) in [5.41, 5.74) is 8.28. The molecule has 0 bridgehead atoms. The summed E-state index contributed by atoms with van der Waals surface area (Å²) in [7, 11) is 0. The number of thiazole rings is 1. The summed E-state index contributed by atoms with van der Waals surface area (Å²) in [4.78, 5) is 40.0. The number of imidazole rings is 1. The van der Waals surface area contributed by atoms with Gasteiger partial charge in [-0.05, 0) is 33.2 Å². The van der Waals surface area contributed by atoms with Crippen LogP contribution in [0, 0.1) is 13.8 Å². The Balaban J connectivity index is 1.46. The molecule has 9 heteroatoms. The molecule has 2 aromatic heterocycles. The van der Waals surface area contributed by atoms with Gasteiger partial charge in [0.2, 0.25) is 5.91 Å². The number of nitrogens with one attached hydrogen (secondary N) is 2. The Morgan fingerprint density at radius 2 is 2.03 bits per heavy atom. The highest BCUT2D eigenvalue weighted by Gasteiger charge is 2.27. The summed E-state index contributed by atoms with van der Waals surface area (Å²) in [6, 6.07) is 9.54. The van der Waals surface area contributed by atoms with Crippen molar-refractivity contribution in [2.45, 2.75) is 32.6 Å². The molecule has 0 radical (unpaired) electrons. The fourth-order valence-corrected chi connectivity index (χ4v) is 4.71. The number of aromatic nitrogens is 3. The van der Waals surface area contributed by atoms with Crippen molar-refractivity contribution < 1.29 is 9.59 Å². The zero-order valence-electron chi connectivity index (χ0n) is 17.6. The second kappa shape index (κ2) is 8.99. The second-order valence-corrected chi connectivity index (χ2v) is 9.06. The number of anilines is 1. The molecule has 1 unspecified atom stereocenters. The van der Waals surface area contributed by atoms with Gasteiger partial charge in [-0.1, -0.05) is 30.3 Å². The molecule has 1 atom stereocenters. The van der Waals surface area contributed by atoms with E-state index in [1.165, 1.54) is 11.3 Å². The maximum Gasteiger partial charge on any atom is 0.267 e. The van der Waals surface area contributed by atoms with Crippen molar-refractivity contribution in [3.05, 3.63) is 52.4 Å². The van der Waals surface area contributed by atoms with Gasteiger partial charge in [-0.2, -0.15) is 0 Å². The first kappa shape index (κ1) is 21.2. The SMILES string of the molecule is Cc1nc(NC(=O)CN2CCCC(c3nc(-c4ccccc4)c(C(N)=O)[nH]3)C2)sc1C. The van der Waals surface area contributed by atoms with Gasteiger partial charge in [0.25, 0.3) is 5.91 Å². The number of H-pyrrole nitrogens is 1. The highest BCUT2D eigenvalue weighted by molar-refractivity contribution is 7.15. The minimum atomic E-state index is -0.529. The molecule has 1 aromatic carbocycles. The average molecular weight is 439 g/mol. The van der Waals surface area contributed by atoms with Crippen LogP contribution in [0.2, 0.25) is 0 Å². The van der Waals surface area contributed by atoms with Crippen LogP contribution in [0.1, 0.15) is 45.6 Å². The Labute approximate surface area is 184 Å². The number of hydrogen-bond acceptors (Lipinski definition) is 6. The Morgan fingerprint density at radius 3 is 2.71 bits per heavy atom. The van der Waals surface area contributed by atoms with Crippen LogP contribution in [0.4, 0.5) is 5.13 Å². The van der Waals surface area contributed by atoms with E-state index in [-0.39, 0.29) is 11.8 Å². The molecular weight excluding hydrogens is 412 g/mol. The maximum atomic E-state index is 12.5. The number of nitrogens with zero attached hydrogens (tertiary/aromatic N) is 3. The van der Waals surface area contributed by atoms with Crippen LogP contribution in [0.15, 0.2) is 30.3 Å². The first-order chi connectivity index (χ1) is 14.9. The van der Waals surface area contributed by atoms with Crippen LogP contribution in [0.5, 0.6) is 0 Å². The van der Waals surface area contributed by atoms with Gasteiger partial charge in [0.15, 0.2) is 5.13 Å². The van der Waals surface area contributed by atoms with Crippen molar-refractivity contribution in [2.75, 3.05) is 25.0 Å². The summed E-state index contributed by atoms with van der Waals surface area (Å²) >= 11 is 1.49. The molecule has 4 rings (SSSR count). The predicted octanol–water partition coefficient (Wildman–Crippen LogP) is 3.07. The van der Waals surface area contributed by atoms with Crippen molar-refractivity contribution >= 4 is 28.3 Å². The van der Waals surface area contributed by atoms with Crippen LogP contribution in [0.3, 0.4) is 0 Å². The summed E-state index contributed by atoms with van der Waals surface area (Å²) in [5.74, 6) is 0.237.